The molecule has 3 rings (SSSR count). The van der Waals surface area contributed by atoms with Gasteiger partial charge in [0.2, 0.25) is 0 Å². The van der Waals surface area contributed by atoms with Crippen molar-refractivity contribution >= 4 is 21.8 Å². The zero-order valence-electron chi connectivity index (χ0n) is 10.3. The monoisotopic (exact) mass is 301 g/mol. The Hall–Kier alpha value is -0.0900. The fourth-order valence-electron chi connectivity index (χ4n) is 3.66. The second-order valence-electron chi connectivity index (χ2n) is 5.85. The van der Waals surface area contributed by atoms with Crippen molar-refractivity contribution in [2.75, 3.05) is 6.61 Å². The highest BCUT2D eigenvalue weighted by Gasteiger charge is 2.49. The van der Waals surface area contributed by atoms with Crippen molar-refractivity contribution in [1.82, 2.24) is 4.90 Å². The first-order valence-electron chi connectivity index (χ1n) is 6.71. The maximum Gasteiger partial charge on any atom is 0.255 e. The fraction of sp³-hybridized carbons (Fsp3) is 0.923. The zero-order chi connectivity index (χ0) is 12.0. The van der Waals surface area contributed by atoms with Crippen molar-refractivity contribution < 1.29 is 9.53 Å². The number of rotatable bonds is 1. The molecule has 0 aromatic rings. The smallest absolute Gasteiger partial charge is 0.255 e. The van der Waals surface area contributed by atoms with E-state index in [1.54, 1.807) is 0 Å². The first-order valence-corrected chi connectivity index (χ1v) is 7.62. The lowest BCUT2D eigenvalue weighted by Crippen LogP contribution is -2.54. The molecule has 3 atom stereocenters. The zero-order valence-corrected chi connectivity index (χ0v) is 11.9. The third-order valence-corrected chi connectivity index (χ3v) is 5.33. The largest absolute Gasteiger partial charge is 0.365 e. The highest BCUT2D eigenvalue weighted by molar-refractivity contribution is 9.09. The maximum atomic E-state index is 12.7. The molecule has 3 saturated heterocycles. The van der Waals surface area contributed by atoms with Crippen molar-refractivity contribution in [2.45, 2.75) is 68.0 Å². The Labute approximate surface area is 111 Å². The summed E-state index contributed by atoms with van der Waals surface area (Å²) in [6.45, 7) is 2.72. The summed E-state index contributed by atoms with van der Waals surface area (Å²) < 4.78 is 5.70. The second kappa shape index (κ2) is 4.23. The van der Waals surface area contributed by atoms with Crippen molar-refractivity contribution in [1.29, 1.82) is 0 Å². The minimum absolute atomic E-state index is 0.252. The average Bonchev–Trinajstić information content (AvgIpc) is 2.82. The van der Waals surface area contributed by atoms with Gasteiger partial charge in [0.05, 0.1) is 0 Å². The highest BCUT2D eigenvalue weighted by Crippen LogP contribution is 2.41. The molecular formula is C13H20BrNO2. The number of ether oxygens (including phenoxy) is 1. The van der Waals surface area contributed by atoms with Crippen molar-refractivity contribution in [3.05, 3.63) is 0 Å². The van der Waals surface area contributed by atoms with E-state index in [-0.39, 0.29) is 5.91 Å². The SMILES string of the molecule is CC1(C(=O)N2C3CCC2CC(Br)C3)CCCO1. The van der Waals surface area contributed by atoms with E-state index >= 15 is 0 Å². The number of hydrogen-bond acceptors (Lipinski definition) is 2. The van der Waals surface area contributed by atoms with E-state index in [9.17, 15) is 4.79 Å². The van der Waals surface area contributed by atoms with Crippen LogP contribution in [0.3, 0.4) is 0 Å². The predicted molar refractivity (Wildman–Crippen MR) is 69.2 cm³/mol. The molecule has 0 spiro atoms. The van der Waals surface area contributed by atoms with Gasteiger partial charge in [-0.3, -0.25) is 4.79 Å². The van der Waals surface area contributed by atoms with Gasteiger partial charge in [-0.25, -0.2) is 0 Å². The molecule has 0 aliphatic carbocycles. The summed E-state index contributed by atoms with van der Waals surface area (Å²) in [6, 6.07) is 0.901. The molecule has 4 heteroatoms. The minimum Gasteiger partial charge on any atom is -0.365 e. The van der Waals surface area contributed by atoms with E-state index < -0.39 is 5.60 Å². The maximum absolute atomic E-state index is 12.7. The van der Waals surface area contributed by atoms with Gasteiger partial charge >= 0.3 is 0 Å². The van der Waals surface area contributed by atoms with E-state index in [4.69, 9.17) is 4.74 Å². The molecule has 0 aromatic carbocycles. The number of alkyl halides is 1. The molecule has 2 bridgehead atoms. The lowest BCUT2D eigenvalue weighted by Gasteiger charge is -2.41. The molecule has 0 radical (unpaired) electrons. The molecule has 1 amide bonds. The number of hydrogen-bond donors (Lipinski definition) is 0. The Balaban J connectivity index is 1.78. The van der Waals surface area contributed by atoms with Crippen LogP contribution in [0.4, 0.5) is 0 Å². The Morgan fingerprint density at radius 3 is 2.53 bits per heavy atom. The summed E-state index contributed by atoms with van der Waals surface area (Å²) in [5.41, 5.74) is -0.528. The highest BCUT2D eigenvalue weighted by atomic mass is 79.9. The summed E-state index contributed by atoms with van der Waals surface area (Å²) in [6.07, 6.45) is 6.48. The lowest BCUT2D eigenvalue weighted by atomic mass is 9.96. The molecular weight excluding hydrogens is 282 g/mol. The molecule has 3 aliphatic rings. The predicted octanol–water partition coefficient (Wildman–Crippen LogP) is 2.47. The van der Waals surface area contributed by atoms with Crippen LogP contribution in [0.15, 0.2) is 0 Å². The van der Waals surface area contributed by atoms with Crippen LogP contribution in [-0.4, -0.2) is 39.9 Å². The topological polar surface area (TPSA) is 29.5 Å². The van der Waals surface area contributed by atoms with Gasteiger partial charge in [-0.15, -0.1) is 0 Å². The standard InChI is InChI=1S/C13H20BrNO2/c1-13(5-2-6-17-13)12(16)15-10-3-4-11(15)8-9(14)7-10/h9-11H,2-8H2,1H3. The van der Waals surface area contributed by atoms with Crippen molar-refractivity contribution in [2.24, 2.45) is 0 Å². The van der Waals surface area contributed by atoms with Crippen LogP contribution in [0.2, 0.25) is 0 Å². The number of nitrogens with zero attached hydrogens (tertiary/aromatic N) is 1. The Bertz CT molecular complexity index is 313. The minimum atomic E-state index is -0.528. The summed E-state index contributed by atoms with van der Waals surface area (Å²) in [5, 5.41) is 0. The summed E-state index contributed by atoms with van der Waals surface area (Å²) in [5.74, 6) is 0.252. The van der Waals surface area contributed by atoms with E-state index in [0.29, 0.717) is 16.9 Å². The van der Waals surface area contributed by atoms with Gasteiger partial charge in [0.25, 0.3) is 5.91 Å². The molecule has 3 fully saturated rings. The normalized spacial score (nSPS) is 45.3. The molecule has 3 unspecified atom stereocenters. The third kappa shape index (κ3) is 1.93. The van der Waals surface area contributed by atoms with Gasteiger partial charge in [-0.05, 0) is 45.4 Å². The number of amides is 1. The molecule has 0 saturated carbocycles. The van der Waals surface area contributed by atoms with E-state index in [2.05, 4.69) is 20.8 Å². The Morgan fingerprint density at radius 2 is 2.00 bits per heavy atom. The van der Waals surface area contributed by atoms with Crippen LogP contribution in [0.1, 0.15) is 45.4 Å². The molecule has 96 valence electrons. The Morgan fingerprint density at radius 1 is 1.35 bits per heavy atom. The van der Waals surface area contributed by atoms with Crippen LogP contribution in [0.5, 0.6) is 0 Å². The molecule has 0 N–H and O–H groups in total. The van der Waals surface area contributed by atoms with Crippen LogP contribution < -0.4 is 0 Å². The van der Waals surface area contributed by atoms with Gasteiger partial charge < -0.3 is 9.64 Å². The summed E-state index contributed by atoms with van der Waals surface area (Å²) in [4.78, 5) is 15.4. The molecule has 0 aromatic heterocycles. The molecule has 3 aliphatic heterocycles. The third-order valence-electron chi connectivity index (χ3n) is 4.58. The van der Waals surface area contributed by atoms with Crippen molar-refractivity contribution in [3.8, 4) is 0 Å². The number of carbonyl (C=O) groups is 1. The number of halogens is 1. The summed E-state index contributed by atoms with van der Waals surface area (Å²) in [7, 11) is 0. The first-order chi connectivity index (χ1) is 8.10. The van der Waals surface area contributed by atoms with Gasteiger partial charge in [0, 0.05) is 23.5 Å². The van der Waals surface area contributed by atoms with Gasteiger partial charge in [-0.1, -0.05) is 15.9 Å². The van der Waals surface area contributed by atoms with Crippen molar-refractivity contribution in [3.63, 3.8) is 0 Å². The quantitative estimate of drug-likeness (QED) is 0.696. The number of piperidine rings is 1. The number of carbonyl (C=O) groups excluding carboxylic acids is 1. The molecule has 3 nitrogen and oxygen atoms in total. The van der Waals surface area contributed by atoms with Gasteiger partial charge in [0.15, 0.2) is 0 Å². The van der Waals surface area contributed by atoms with Crippen LogP contribution >= 0.6 is 15.9 Å². The van der Waals surface area contributed by atoms with E-state index in [0.717, 1.165) is 32.3 Å². The summed E-state index contributed by atoms with van der Waals surface area (Å²) >= 11 is 3.71. The van der Waals surface area contributed by atoms with Crippen LogP contribution in [0.25, 0.3) is 0 Å². The number of fused-ring (bicyclic) bond motifs is 2. The van der Waals surface area contributed by atoms with Gasteiger partial charge in [0.1, 0.15) is 5.60 Å². The lowest BCUT2D eigenvalue weighted by molar-refractivity contribution is -0.155. The molecule has 17 heavy (non-hydrogen) atoms. The van der Waals surface area contributed by atoms with E-state index in [1.807, 2.05) is 6.92 Å². The van der Waals surface area contributed by atoms with E-state index in [1.165, 1.54) is 12.8 Å². The molecule has 3 heterocycles. The Kier molecular flexibility index (Phi) is 2.98. The fourth-order valence-corrected chi connectivity index (χ4v) is 4.53. The average molecular weight is 302 g/mol. The van der Waals surface area contributed by atoms with Crippen LogP contribution in [-0.2, 0) is 9.53 Å². The van der Waals surface area contributed by atoms with Gasteiger partial charge in [-0.2, -0.15) is 0 Å². The van der Waals surface area contributed by atoms with Crippen LogP contribution in [0, 0.1) is 0 Å². The first kappa shape index (κ1) is 12.0. The second-order valence-corrected chi connectivity index (χ2v) is 7.14.